The van der Waals surface area contributed by atoms with Crippen LogP contribution in [0.3, 0.4) is 0 Å². The second-order valence-corrected chi connectivity index (χ2v) is 12.9. The van der Waals surface area contributed by atoms with Crippen molar-refractivity contribution in [1.82, 2.24) is 39.6 Å². The van der Waals surface area contributed by atoms with Crippen molar-refractivity contribution >= 4 is 34.8 Å². The predicted octanol–water partition coefficient (Wildman–Crippen LogP) is 2.95. The molecule has 3 fully saturated rings. The first-order valence-corrected chi connectivity index (χ1v) is 16.6. The van der Waals surface area contributed by atoms with E-state index in [0.29, 0.717) is 28.5 Å². The van der Waals surface area contributed by atoms with E-state index in [2.05, 4.69) is 37.2 Å². The average Bonchev–Trinajstić information content (AvgIpc) is 3.78. The van der Waals surface area contributed by atoms with Crippen LogP contribution in [0.15, 0.2) is 30.6 Å². The number of carboxylic acid groups (broad SMARTS) is 1. The van der Waals surface area contributed by atoms with Crippen molar-refractivity contribution in [2.75, 3.05) is 51.3 Å². The zero-order valence-corrected chi connectivity index (χ0v) is 28.1. The third-order valence-electron chi connectivity index (χ3n) is 9.40. The van der Waals surface area contributed by atoms with Gasteiger partial charge in [-0.2, -0.15) is 28.4 Å². The molecule has 2 amide bonds. The van der Waals surface area contributed by atoms with Crippen LogP contribution in [-0.4, -0.2) is 116 Å². The molecule has 14 nitrogen and oxygen atoms in total. The normalized spacial score (nSPS) is 18.0. The number of nitrogens with zero attached hydrogens (tertiary/aromatic N) is 9. The number of hydrazine groups is 1. The van der Waals surface area contributed by atoms with Crippen molar-refractivity contribution in [2.24, 2.45) is 13.0 Å². The minimum absolute atomic E-state index is 0.0421. The number of halogens is 3. The van der Waals surface area contributed by atoms with E-state index in [1.54, 1.807) is 15.9 Å². The second kappa shape index (κ2) is 15.8. The number of carbonyl (C=O) groups excluding carboxylic acids is 2. The summed E-state index contributed by atoms with van der Waals surface area (Å²) in [6, 6.07) is 9.83. The highest BCUT2D eigenvalue weighted by molar-refractivity contribution is 5.96. The van der Waals surface area contributed by atoms with Crippen LogP contribution < -0.4 is 10.4 Å². The topological polar surface area (TPSA) is 164 Å². The molecule has 4 heterocycles. The number of carbonyl (C=O) groups is 3. The largest absolute Gasteiger partial charge is 0.490 e. The van der Waals surface area contributed by atoms with Gasteiger partial charge in [0.15, 0.2) is 17.0 Å². The predicted molar refractivity (Wildman–Crippen MR) is 175 cm³/mol. The Bertz CT molecular complexity index is 1700. The number of piperazine rings is 1. The van der Waals surface area contributed by atoms with Crippen molar-refractivity contribution < 1.29 is 32.7 Å². The highest BCUT2D eigenvalue weighted by Gasteiger charge is 2.38. The zero-order chi connectivity index (χ0) is 36.0. The van der Waals surface area contributed by atoms with Gasteiger partial charge in [-0.15, -0.1) is 0 Å². The lowest BCUT2D eigenvalue weighted by atomic mass is 9.94. The van der Waals surface area contributed by atoms with Gasteiger partial charge in [-0.3, -0.25) is 24.9 Å². The monoisotopic (exact) mass is 698 g/mol. The molecule has 17 heteroatoms. The number of amides is 2. The summed E-state index contributed by atoms with van der Waals surface area (Å²) in [5.74, 6) is -2.05. The van der Waals surface area contributed by atoms with Gasteiger partial charge in [-0.05, 0) is 63.5 Å². The minimum Gasteiger partial charge on any atom is -0.475 e. The average molecular weight is 699 g/mol. The molecule has 1 saturated carbocycles. The van der Waals surface area contributed by atoms with Crippen molar-refractivity contribution in [3.8, 4) is 6.07 Å². The van der Waals surface area contributed by atoms with Crippen LogP contribution in [0.5, 0.6) is 0 Å². The highest BCUT2D eigenvalue weighted by Crippen LogP contribution is 2.30. The molecule has 0 spiro atoms. The van der Waals surface area contributed by atoms with E-state index in [1.807, 2.05) is 42.3 Å². The van der Waals surface area contributed by atoms with Crippen LogP contribution >= 0.6 is 0 Å². The van der Waals surface area contributed by atoms with Gasteiger partial charge >= 0.3 is 12.1 Å². The molecule has 0 atom stereocenters. The molecule has 2 aliphatic heterocycles. The fourth-order valence-corrected chi connectivity index (χ4v) is 6.51. The number of hydrogen-bond donors (Lipinski definition) is 2. The van der Waals surface area contributed by atoms with E-state index in [4.69, 9.17) is 9.90 Å². The summed E-state index contributed by atoms with van der Waals surface area (Å²) in [4.78, 5) is 55.4. The standard InChI is InChI=1S/C31H40N10O2.C2HF3O2/c1-37-15-17-40(18-16-37)31(43)24-11-13-39(14-12-24)20-22-7-9-23(10-8-22)30(42)36-41(25-5-3-4-6-25)29-27-28(38(2)21-33-27)34-26(19-32)35-29;3-2(4,5)1(6)7/h7-10,21,24-25H,3-6,11-18,20H2,1-2H3,(H,36,42);(H,6,7). The summed E-state index contributed by atoms with van der Waals surface area (Å²) in [5.41, 5.74) is 5.88. The molecule has 1 aliphatic carbocycles. The Labute approximate surface area is 287 Å². The number of likely N-dealkylation sites (N-methyl/N-ethyl adjacent to an activating group) is 1. The van der Waals surface area contributed by atoms with Crippen LogP contribution in [0, 0.1) is 17.2 Å². The Morgan fingerprint density at radius 2 is 1.60 bits per heavy atom. The van der Waals surface area contributed by atoms with Gasteiger partial charge in [0, 0.05) is 51.3 Å². The Morgan fingerprint density at radius 3 is 2.18 bits per heavy atom. The smallest absolute Gasteiger partial charge is 0.475 e. The number of likely N-dealkylation sites (tertiary alicyclic amines) is 1. The highest BCUT2D eigenvalue weighted by atomic mass is 19.4. The molecule has 6 rings (SSSR count). The number of carboxylic acids is 1. The summed E-state index contributed by atoms with van der Waals surface area (Å²) < 4.78 is 33.5. The van der Waals surface area contributed by atoms with Gasteiger partial charge in [-0.1, -0.05) is 25.0 Å². The number of piperidine rings is 1. The van der Waals surface area contributed by atoms with Crippen LogP contribution in [-0.2, 0) is 23.2 Å². The van der Waals surface area contributed by atoms with Gasteiger partial charge in [0.25, 0.3) is 5.91 Å². The van der Waals surface area contributed by atoms with Gasteiger partial charge in [-0.25, -0.2) is 9.78 Å². The number of anilines is 1. The number of fused-ring (bicyclic) bond motifs is 1. The lowest BCUT2D eigenvalue weighted by Gasteiger charge is -2.37. The molecule has 50 heavy (non-hydrogen) atoms. The first-order chi connectivity index (χ1) is 23.8. The molecule has 268 valence electrons. The quantitative estimate of drug-likeness (QED) is 0.349. The van der Waals surface area contributed by atoms with Crippen molar-refractivity contribution in [2.45, 2.75) is 57.3 Å². The Kier molecular flexibility index (Phi) is 11.5. The number of aliphatic carboxylic acids is 1. The van der Waals surface area contributed by atoms with E-state index >= 15 is 0 Å². The molecular formula is C33H41F3N10O4. The maximum Gasteiger partial charge on any atom is 0.490 e. The zero-order valence-electron chi connectivity index (χ0n) is 28.1. The molecule has 0 unspecified atom stereocenters. The van der Waals surface area contributed by atoms with E-state index in [0.717, 1.165) is 89.9 Å². The number of imidazole rings is 1. The molecule has 0 radical (unpaired) electrons. The molecule has 2 N–H and O–H groups in total. The van der Waals surface area contributed by atoms with Crippen LogP contribution in [0.2, 0.25) is 0 Å². The number of benzene rings is 1. The Morgan fingerprint density at radius 1 is 0.980 bits per heavy atom. The van der Waals surface area contributed by atoms with Crippen LogP contribution in [0.25, 0.3) is 11.2 Å². The lowest BCUT2D eigenvalue weighted by Crippen LogP contribution is -2.50. The van der Waals surface area contributed by atoms with E-state index < -0.39 is 12.1 Å². The van der Waals surface area contributed by atoms with Crippen molar-refractivity contribution in [3.05, 3.63) is 47.5 Å². The van der Waals surface area contributed by atoms with Gasteiger partial charge in [0.1, 0.15) is 6.07 Å². The summed E-state index contributed by atoms with van der Waals surface area (Å²) in [7, 11) is 3.93. The number of aryl methyl sites for hydroxylation is 1. The van der Waals surface area contributed by atoms with Crippen molar-refractivity contribution in [1.29, 1.82) is 5.26 Å². The fraction of sp³-hybridized carbons (Fsp3) is 0.545. The van der Waals surface area contributed by atoms with E-state index in [-0.39, 0.29) is 23.7 Å². The molecule has 2 aromatic heterocycles. The first-order valence-electron chi connectivity index (χ1n) is 16.6. The SMILES string of the molecule is CN1CCN(C(=O)C2CCN(Cc3ccc(C(=O)NN(c4nc(C#N)nc5c4ncn5C)C4CCCC4)cc3)CC2)CC1.O=C(O)C(F)(F)F. The fourth-order valence-electron chi connectivity index (χ4n) is 6.51. The molecular weight excluding hydrogens is 657 g/mol. The number of nitrogens with one attached hydrogen (secondary N) is 1. The molecule has 1 aromatic carbocycles. The summed E-state index contributed by atoms with van der Waals surface area (Å²) >= 11 is 0. The number of hydrogen-bond acceptors (Lipinski definition) is 10. The molecule has 0 bridgehead atoms. The minimum atomic E-state index is -5.08. The number of alkyl halides is 3. The second-order valence-electron chi connectivity index (χ2n) is 12.9. The van der Waals surface area contributed by atoms with E-state index in [9.17, 15) is 28.0 Å². The van der Waals surface area contributed by atoms with Crippen LogP contribution in [0.1, 0.15) is 60.3 Å². The molecule has 3 aliphatic rings. The van der Waals surface area contributed by atoms with E-state index in [1.165, 1.54) is 0 Å². The Balaban J connectivity index is 0.000000630. The lowest BCUT2D eigenvalue weighted by molar-refractivity contribution is -0.192. The Hall–Kier alpha value is -4.82. The number of rotatable bonds is 7. The van der Waals surface area contributed by atoms with Gasteiger partial charge in [0.2, 0.25) is 11.7 Å². The van der Waals surface area contributed by atoms with Gasteiger partial charge < -0.3 is 19.5 Å². The maximum absolute atomic E-state index is 13.5. The molecule has 2 saturated heterocycles. The number of nitriles is 1. The van der Waals surface area contributed by atoms with Crippen LogP contribution in [0.4, 0.5) is 19.0 Å². The summed E-state index contributed by atoms with van der Waals surface area (Å²) in [6.07, 6.45) is 2.30. The molecule has 3 aromatic rings. The van der Waals surface area contributed by atoms with Gasteiger partial charge in [0.05, 0.1) is 12.4 Å². The van der Waals surface area contributed by atoms with Crippen molar-refractivity contribution in [3.63, 3.8) is 0 Å². The maximum atomic E-state index is 13.5. The first kappa shape index (κ1) is 36.5. The summed E-state index contributed by atoms with van der Waals surface area (Å²) in [5, 5.41) is 18.5. The number of aromatic nitrogens is 4. The third kappa shape index (κ3) is 8.85. The third-order valence-corrected chi connectivity index (χ3v) is 9.40. The summed E-state index contributed by atoms with van der Waals surface area (Å²) in [6.45, 7) is 6.16.